The molecule has 0 heterocycles. The van der Waals surface area contributed by atoms with Crippen LogP contribution in [0.5, 0.6) is 34.5 Å². The molecule has 0 N–H and O–H groups in total. The maximum atomic E-state index is 5.68. The summed E-state index contributed by atoms with van der Waals surface area (Å²) in [7, 11) is 9.84. The number of rotatable bonds is 9. The molecule has 0 aromatic heterocycles. The van der Waals surface area contributed by atoms with Crippen molar-refractivity contribution in [2.24, 2.45) is 0 Å². The molecule has 0 saturated carbocycles. The van der Waals surface area contributed by atoms with Gasteiger partial charge in [-0.2, -0.15) is 0 Å². The summed E-state index contributed by atoms with van der Waals surface area (Å²) in [5.41, 5.74) is 5.87. The zero-order valence-electron chi connectivity index (χ0n) is 21.4. The highest BCUT2D eigenvalue weighted by Gasteiger charge is 2.15. The third-order valence-corrected chi connectivity index (χ3v) is 6.12. The van der Waals surface area contributed by atoms with Crippen LogP contribution in [-0.2, 0) is 0 Å². The molecular formula is C30H30O6. The van der Waals surface area contributed by atoms with Gasteiger partial charge in [0.2, 0.25) is 0 Å². The molecule has 0 aliphatic heterocycles. The Kier molecular flexibility index (Phi) is 7.54. The van der Waals surface area contributed by atoms with Crippen LogP contribution in [0.15, 0.2) is 72.8 Å². The second-order valence-electron chi connectivity index (χ2n) is 7.97. The Labute approximate surface area is 211 Å². The summed E-state index contributed by atoms with van der Waals surface area (Å²) in [5.74, 6) is 4.18. The van der Waals surface area contributed by atoms with Crippen molar-refractivity contribution >= 4 is 0 Å². The molecule has 0 atom stereocenters. The van der Waals surface area contributed by atoms with Gasteiger partial charge < -0.3 is 28.4 Å². The summed E-state index contributed by atoms with van der Waals surface area (Å²) >= 11 is 0. The predicted molar refractivity (Wildman–Crippen MR) is 142 cm³/mol. The quantitative estimate of drug-likeness (QED) is 0.261. The van der Waals surface area contributed by atoms with E-state index in [1.807, 2.05) is 60.7 Å². The highest BCUT2D eigenvalue weighted by molar-refractivity contribution is 5.83. The molecule has 0 aliphatic rings. The Bertz CT molecular complexity index is 1260. The smallest absolute Gasteiger partial charge is 0.161 e. The van der Waals surface area contributed by atoms with E-state index in [9.17, 15) is 0 Å². The Morgan fingerprint density at radius 1 is 0.306 bits per heavy atom. The second kappa shape index (κ2) is 11.0. The number of benzene rings is 4. The van der Waals surface area contributed by atoms with E-state index in [0.29, 0.717) is 23.0 Å². The summed E-state index contributed by atoms with van der Waals surface area (Å²) in [4.78, 5) is 0. The van der Waals surface area contributed by atoms with E-state index in [1.165, 1.54) is 0 Å². The van der Waals surface area contributed by atoms with Gasteiger partial charge >= 0.3 is 0 Å². The van der Waals surface area contributed by atoms with E-state index in [1.54, 1.807) is 42.7 Å². The average Bonchev–Trinajstić information content (AvgIpc) is 2.95. The van der Waals surface area contributed by atoms with Crippen LogP contribution in [0, 0.1) is 0 Å². The van der Waals surface area contributed by atoms with Crippen LogP contribution in [0.4, 0.5) is 0 Å². The second-order valence-corrected chi connectivity index (χ2v) is 7.97. The zero-order chi connectivity index (χ0) is 25.7. The Balaban J connectivity index is 1.83. The molecule has 0 aliphatic carbocycles. The average molecular weight is 487 g/mol. The Morgan fingerprint density at radius 2 is 0.611 bits per heavy atom. The predicted octanol–water partition coefficient (Wildman–Crippen LogP) is 6.74. The van der Waals surface area contributed by atoms with Crippen molar-refractivity contribution in [2.75, 3.05) is 42.7 Å². The SMILES string of the molecule is COc1ccc(-c2cc(-c3ccc(OC)c(-c4ccc(OC)c(OC)c4)c3)ccc2OC)cc1OC. The molecular weight excluding hydrogens is 456 g/mol. The topological polar surface area (TPSA) is 55.4 Å². The van der Waals surface area contributed by atoms with Crippen molar-refractivity contribution in [1.82, 2.24) is 0 Å². The highest BCUT2D eigenvalue weighted by atomic mass is 16.5. The standard InChI is InChI=1S/C30H30O6/c1-31-25-11-7-19(15-23(25)21-9-13-27(33-3)29(17-21)35-5)20-8-12-26(32-2)24(16-20)22-10-14-28(34-4)30(18-22)36-6/h7-18H,1-6H3. The first kappa shape index (κ1) is 24.8. The van der Waals surface area contributed by atoms with Crippen LogP contribution in [0.2, 0.25) is 0 Å². The number of hydrogen-bond donors (Lipinski definition) is 0. The maximum Gasteiger partial charge on any atom is 0.161 e. The van der Waals surface area contributed by atoms with Gasteiger partial charge in [0.05, 0.1) is 42.7 Å². The van der Waals surface area contributed by atoms with Crippen LogP contribution < -0.4 is 28.4 Å². The lowest BCUT2D eigenvalue weighted by atomic mass is 9.95. The van der Waals surface area contributed by atoms with Crippen molar-refractivity contribution in [3.63, 3.8) is 0 Å². The number of methoxy groups -OCH3 is 6. The lowest BCUT2D eigenvalue weighted by molar-refractivity contribution is 0.355. The first-order chi connectivity index (χ1) is 17.6. The van der Waals surface area contributed by atoms with Crippen LogP contribution in [-0.4, -0.2) is 42.7 Å². The van der Waals surface area contributed by atoms with Gasteiger partial charge in [0.15, 0.2) is 23.0 Å². The fourth-order valence-corrected chi connectivity index (χ4v) is 4.23. The van der Waals surface area contributed by atoms with E-state index < -0.39 is 0 Å². The van der Waals surface area contributed by atoms with Gasteiger partial charge in [-0.25, -0.2) is 0 Å². The summed E-state index contributed by atoms with van der Waals surface area (Å²) in [6, 6.07) is 23.9. The lowest BCUT2D eigenvalue weighted by Crippen LogP contribution is -1.94. The first-order valence-electron chi connectivity index (χ1n) is 11.4. The molecule has 6 nitrogen and oxygen atoms in total. The van der Waals surface area contributed by atoms with Crippen molar-refractivity contribution in [1.29, 1.82) is 0 Å². The summed E-state index contributed by atoms with van der Waals surface area (Å²) in [6.07, 6.45) is 0. The largest absolute Gasteiger partial charge is 0.496 e. The fraction of sp³-hybridized carbons (Fsp3) is 0.200. The van der Waals surface area contributed by atoms with Gasteiger partial charge in [-0.1, -0.05) is 24.3 Å². The van der Waals surface area contributed by atoms with Gasteiger partial charge in [0.25, 0.3) is 0 Å². The van der Waals surface area contributed by atoms with Gasteiger partial charge in [0, 0.05) is 11.1 Å². The first-order valence-corrected chi connectivity index (χ1v) is 11.4. The van der Waals surface area contributed by atoms with Crippen LogP contribution in [0.3, 0.4) is 0 Å². The molecule has 4 aromatic rings. The fourth-order valence-electron chi connectivity index (χ4n) is 4.23. The third kappa shape index (κ3) is 4.75. The van der Waals surface area contributed by atoms with E-state index in [0.717, 1.165) is 44.9 Å². The van der Waals surface area contributed by atoms with E-state index >= 15 is 0 Å². The van der Waals surface area contributed by atoms with Crippen LogP contribution in [0.1, 0.15) is 0 Å². The molecule has 0 amide bonds. The molecule has 186 valence electrons. The van der Waals surface area contributed by atoms with Gasteiger partial charge in [-0.15, -0.1) is 0 Å². The Hall–Kier alpha value is -4.32. The van der Waals surface area contributed by atoms with Gasteiger partial charge in [-0.05, 0) is 70.8 Å². The third-order valence-electron chi connectivity index (χ3n) is 6.12. The normalized spacial score (nSPS) is 10.5. The molecule has 0 unspecified atom stereocenters. The van der Waals surface area contributed by atoms with E-state index in [2.05, 4.69) is 12.1 Å². The molecule has 0 spiro atoms. The molecule has 4 aromatic carbocycles. The molecule has 0 bridgehead atoms. The van der Waals surface area contributed by atoms with E-state index in [-0.39, 0.29) is 0 Å². The van der Waals surface area contributed by atoms with Crippen molar-refractivity contribution in [3.05, 3.63) is 72.8 Å². The molecule has 4 rings (SSSR count). The molecule has 0 saturated heterocycles. The molecule has 0 fully saturated rings. The Morgan fingerprint density at radius 3 is 0.944 bits per heavy atom. The molecule has 0 radical (unpaired) electrons. The summed E-state index contributed by atoms with van der Waals surface area (Å²) in [5, 5.41) is 0. The molecule has 6 heteroatoms. The highest BCUT2D eigenvalue weighted by Crippen LogP contribution is 2.41. The van der Waals surface area contributed by atoms with Crippen molar-refractivity contribution < 1.29 is 28.4 Å². The van der Waals surface area contributed by atoms with Crippen molar-refractivity contribution in [3.8, 4) is 67.9 Å². The van der Waals surface area contributed by atoms with E-state index in [4.69, 9.17) is 28.4 Å². The summed E-state index contributed by atoms with van der Waals surface area (Å²) in [6.45, 7) is 0. The van der Waals surface area contributed by atoms with Crippen LogP contribution in [0.25, 0.3) is 33.4 Å². The van der Waals surface area contributed by atoms with Crippen molar-refractivity contribution in [2.45, 2.75) is 0 Å². The number of ether oxygens (including phenoxy) is 6. The van der Waals surface area contributed by atoms with Gasteiger partial charge in [-0.3, -0.25) is 0 Å². The summed E-state index contributed by atoms with van der Waals surface area (Å²) < 4.78 is 33.2. The lowest BCUT2D eigenvalue weighted by Gasteiger charge is -2.16. The minimum absolute atomic E-state index is 0.655. The minimum Gasteiger partial charge on any atom is -0.496 e. The monoisotopic (exact) mass is 486 g/mol. The van der Waals surface area contributed by atoms with Gasteiger partial charge in [0.1, 0.15) is 11.5 Å². The maximum absolute atomic E-state index is 5.68. The number of hydrogen-bond acceptors (Lipinski definition) is 6. The zero-order valence-corrected chi connectivity index (χ0v) is 21.4. The molecule has 36 heavy (non-hydrogen) atoms. The van der Waals surface area contributed by atoms with Crippen LogP contribution >= 0.6 is 0 Å². The minimum atomic E-state index is 0.655.